The van der Waals surface area contributed by atoms with Crippen LogP contribution in [0.25, 0.3) is 0 Å². The van der Waals surface area contributed by atoms with Gasteiger partial charge in [-0.1, -0.05) is 0 Å². The van der Waals surface area contributed by atoms with Crippen LogP contribution in [0.15, 0.2) is 6.07 Å². The fourth-order valence-corrected chi connectivity index (χ4v) is 5.30. The summed E-state index contributed by atoms with van der Waals surface area (Å²) in [5.74, 6) is 0.0525. The van der Waals surface area contributed by atoms with Gasteiger partial charge in [-0.05, 0) is 44.0 Å². The zero-order valence-electron chi connectivity index (χ0n) is 14.6. The molecule has 1 amide bonds. The third-order valence-electron chi connectivity index (χ3n) is 5.42. The van der Waals surface area contributed by atoms with Gasteiger partial charge >= 0.3 is 0 Å². The number of ether oxygens (including phenoxy) is 2. The number of hydrogen-bond acceptors (Lipinski definition) is 6. The van der Waals surface area contributed by atoms with Crippen molar-refractivity contribution in [2.75, 3.05) is 59.1 Å². The van der Waals surface area contributed by atoms with Crippen molar-refractivity contribution in [3.05, 3.63) is 21.4 Å². The maximum atomic E-state index is 12.6. The summed E-state index contributed by atoms with van der Waals surface area (Å²) in [6, 6.07) is 2.09. The van der Waals surface area contributed by atoms with Crippen molar-refractivity contribution in [3.63, 3.8) is 0 Å². The molecular formula is C18H27N3O3S. The minimum absolute atomic E-state index is 0.0525. The second kappa shape index (κ2) is 7.72. The molecule has 7 heteroatoms. The Hall–Kier alpha value is -0.990. The van der Waals surface area contributed by atoms with E-state index < -0.39 is 0 Å². The molecular weight excluding hydrogens is 338 g/mol. The Kier molecular flexibility index (Phi) is 5.38. The highest BCUT2D eigenvalue weighted by Crippen LogP contribution is 2.44. The summed E-state index contributed by atoms with van der Waals surface area (Å²) in [4.78, 5) is 17.0. The van der Waals surface area contributed by atoms with Crippen LogP contribution in [0, 0.1) is 0 Å². The predicted molar refractivity (Wildman–Crippen MR) is 97.3 cm³/mol. The van der Waals surface area contributed by atoms with Crippen molar-refractivity contribution in [1.82, 2.24) is 15.5 Å². The predicted octanol–water partition coefficient (Wildman–Crippen LogP) is 0.962. The average molecular weight is 365 g/mol. The summed E-state index contributed by atoms with van der Waals surface area (Å²) < 4.78 is 11.6. The molecule has 2 saturated heterocycles. The number of carbonyl (C=O) groups is 1. The van der Waals surface area contributed by atoms with Gasteiger partial charge in [0.2, 0.25) is 0 Å². The third kappa shape index (κ3) is 3.75. The number of hydrogen-bond donors (Lipinski definition) is 2. The molecule has 3 aliphatic rings. The Morgan fingerprint density at radius 3 is 2.88 bits per heavy atom. The number of thiophene rings is 1. The van der Waals surface area contributed by atoms with Crippen LogP contribution in [0.4, 0.5) is 0 Å². The number of nitrogens with one attached hydrogen (secondary N) is 2. The number of nitrogens with zero attached hydrogens (tertiary/aromatic N) is 1. The van der Waals surface area contributed by atoms with E-state index >= 15 is 0 Å². The van der Waals surface area contributed by atoms with Crippen LogP contribution < -0.4 is 10.6 Å². The number of morpholine rings is 1. The Balaban J connectivity index is 1.38. The summed E-state index contributed by atoms with van der Waals surface area (Å²) in [7, 11) is 0. The van der Waals surface area contributed by atoms with Gasteiger partial charge in [0.05, 0.1) is 24.7 Å². The molecule has 0 saturated carbocycles. The number of rotatable bonds is 4. The standard InChI is InChI=1S/C18H27N3O3S/c22-17(20-6-7-21-8-11-23-12-9-21)15-13-14-1-10-24-18(16(14)25-15)2-4-19-5-3-18/h13,19H,1-12H2,(H,20,22). The van der Waals surface area contributed by atoms with Crippen LogP contribution in [0.3, 0.4) is 0 Å². The van der Waals surface area contributed by atoms with E-state index in [0.717, 1.165) is 76.7 Å². The van der Waals surface area contributed by atoms with Gasteiger partial charge in [0.15, 0.2) is 0 Å². The number of piperidine rings is 1. The van der Waals surface area contributed by atoms with Crippen LogP contribution in [-0.4, -0.2) is 69.9 Å². The van der Waals surface area contributed by atoms with Crippen LogP contribution in [0.2, 0.25) is 0 Å². The second-order valence-corrected chi connectivity index (χ2v) is 8.07. The van der Waals surface area contributed by atoms with E-state index in [1.165, 1.54) is 10.4 Å². The Morgan fingerprint density at radius 2 is 2.08 bits per heavy atom. The van der Waals surface area contributed by atoms with Gasteiger partial charge in [-0.3, -0.25) is 9.69 Å². The highest BCUT2D eigenvalue weighted by molar-refractivity contribution is 7.14. The smallest absolute Gasteiger partial charge is 0.261 e. The molecule has 0 atom stereocenters. The average Bonchev–Trinajstić information content (AvgIpc) is 3.10. The first-order valence-corrected chi connectivity index (χ1v) is 10.1. The fraction of sp³-hybridized carbons (Fsp3) is 0.722. The second-order valence-electron chi connectivity index (χ2n) is 7.02. The monoisotopic (exact) mass is 365 g/mol. The number of amides is 1. The fourth-order valence-electron chi connectivity index (χ4n) is 3.98. The minimum atomic E-state index is -0.157. The van der Waals surface area contributed by atoms with E-state index in [2.05, 4.69) is 21.6 Å². The largest absolute Gasteiger partial charge is 0.379 e. The first kappa shape index (κ1) is 17.4. The molecule has 0 unspecified atom stereocenters. The van der Waals surface area contributed by atoms with Crippen LogP contribution >= 0.6 is 11.3 Å². The lowest BCUT2D eigenvalue weighted by Gasteiger charge is -2.40. The molecule has 0 radical (unpaired) electrons. The first-order chi connectivity index (χ1) is 12.3. The van der Waals surface area contributed by atoms with Gasteiger partial charge in [0.25, 0.3) is 5.91 Å². The lowest BCUT2D eigenvalue weighted by atomic mass is 9.86. The molecule has 1 spiro atoms. The molecule has 25 heavy (non-hydrogen) atoms. The van der Waals surface area contributed by atoms with Crippen molar-refractivity contribution in [3.8, 4) is 0 Å². The third-order valence-corrected chi connectivity index (χ3v) is 6.79. The zero-order chi connectivity index (χ0) is 17.1. The Morgan fingerprint density at radius 1 is 1.28 bits per heavy atom. The van der Waals surface area contributed by atoms with Gasteiger partial charge in [-0.2, -0.15) is 0 Å². The highest BCUT2D eigenvalue weighted by atomic mass is 32.1. The quantitative estimate of drug-likeness (QED) is 0.832. The van der Waals surface area contributed by atoms with Gasteiger partial charge in [0, 0.05) is 31.1 Å². The Bertz CT molecular complexity index is 607. The van der Waals surface area contributed by atoms with E-state index in [9.17, 15) is 4.79 Å². The topological polar surface area (TPSA) is 62.8 Å². The molecule has 3 aliphatic heterocycles. The molecule has 2 N–H and O–H groups in total. The highest BCUT2D eigenvalue weighted by Gasteiger charge is 2.41. The number of carbonyl (C=O) groups excluding carboxylic acids is 1. The van der Waals surface area contributed by atoms with E-state index in [0.29, 0.717) is 6.54 Å². The van der Waals surface area contributed by atoms with Gasteiger partial charge in [0.1, 0.15) is 5.60 Å². The molecule has 2 fully saturated rings. The van der Waals surface area contributed by atoms with Gasteiger partial charge in [-0.15, -0.1) is 11.3 Å². The SMILES string of the molecule is O=C(NCCN1CCOCC1)c1cc2c(s1)C1(CCNCC1)OCC2. The molecule has 4 heterocycles. The van der Waals surface area contributed by atoms with Crippen molar-refractivity contribution in [2.45, 2.75) is 24.9 Å². The molecule has 0 aromatic carbocycles. The Labute approximate surface area is 152 Å². The summed E-state index contributed by atoms with van der Waals surface area (Å²) in [6.45, 7) is 7.81. The maximum Gasteiger partial charge on any atom is 0.261 e. The molecule has 4 rings (SSSR count). The molecule has 0 aliphatic carbocycles. The number of fused-ring (bicyclic) bond motifs is 2. The summed E-state index contributed by atoms with van der Waals surface area (Å²) in [6.07, 6.45) is 2.92. The maximum absolute atomic E-state index is 12.6. The van der Waals surface area contributed by atoms with Crippen molar-refractivity contribution in [2.24, 2.45) is 0 Å². The van der Waals surface area contributed by atoms with Crippen molar-refractivity contribution >= 4 is 17.2 Å². The van der Waals surface area contributed by atoms with E-state index in [4.69, 9.17) is 9.47 Å². The zero-order valence-corrected chi connectivity index (χ0v) is 15.5. The van der Waals surface area contributed by atoms with Gasteiger partial charge < -0.3 is 20.1 Å². The normalized spacial score (nSPS) is 23.4. The lowest BCUT2D eigenvalue weighted by molar-refractivity contribution is -0.0771. The van der Waals surface area contributed by atoms with E-state index in [1.807, 2.05) is 0 Å². The van der Waals surface area contributed by atoms with Crippen LogP contribution in [0.5, 0.6) is 0 Å². The van der Waals surface area contributed by atoms with E-state index in [1.54, 1.807) is 11.3 Å². The summed E-state index contributed by atoms with van der Waals surface area (Å²) >= 11 is 1.64. The van der Waals surface area contributed by atoms with Gasteiger partial charge in [-0.25, -0.2) is 0 Å². The molecule has 1 aromatic heterocycles. The molecule has 138 valence electrons. The molecule has 1 aromatic rings. The molecule has 0 bridgehead atoms. The van der Waals surface area contributed by atoms with Crippen molar-refractivity contribution < 1.29 is 14.3 Å². The first-order valence-electron chi connectivity index (χ1n) is 9.33. The lowest BCUT2D eigenvalue weighted by Crippen LogP contribution is -2.44. The van der Waals surface area contributed by atoms with Crippen LogP contribution in [0.1, 0.15) is 33.0 Å². The summed E-state index contributed by atoms with van der Waals surface area (Å²) in [5.41, 5.74) is 1.16. The minimum Gasteiger partial charge on any atom is -0.379 e. The van der Waals surface area contributed by atoms with E-state index in [-0.39, 0.29) is 11.5 Å². The molecule has 6 nitrogen and oxygen atoms in total. The van der Waals surface area contributed by atoms with Crippen molar-refractivity contribution in [1.29, 1.82) is 0 Å². The van der Waals surface area contributed by atoms with Crippen LogP contribution in [-0.2, 0) is 21.5 Å². The summed E-state index contributed by atoms with van der Waals surface area (Å²) in [5, 5.41) is 6.49.